The molecule has 1 nitrogen and oxygen atoms in total. The molecule has 9 aromatic rings. The molecule has 0 aliphatic heterocycles. The van der Waals surface area contributed by atoms with Crippen LogP contribution in [0, 0.1) is 11.6 Å². The van der Waals surface area contributed by atoms with E-state index >= 15 is 0 Å². The summed E-state index contributed by atoms with van der Waals surface area (Å²) < 4.78 is 29.9. The van der Waals surface area contributed by atoms with Gasteiger partial charge in [-0.05, 0) is 128 Å². The molecule has 0 bridgehead atoms. The Balaban J connectivity index is 1.17. The molecule has 0 amide bonds. The lowest BCUT2D eigenvalue weighted by Crippen LogP contribution is -1.93. The van der Waals surface area contributed by atoms with Gasteiger partial charge in [0, 0.05) is 16.5 Å². The Hall–Kier alpha value is -6.06. The zero-order valence-corrected chi connectivity index (χ0v) is 25.3. The van der Waals surface area contributed by atoms with Gasteiger partial charge in [-0.2, -0.15) is 0 Å². The molecule has 0 aliphatic rings. The fourth-order valence-corrected chi connectivity index (χ4v) is 6.98. The van der Waals surface area contributed by atoms with Crippen molar-refractivity contribution in [2.24, 2.45) is 0 Å². The van der Waals surface area contributed by atoms with Crippen molar-refractivity contribution in [3.05, 3.63) is 175 Å². The van der Waals surface area contributed by atoms with Gasteiger partial charge < -0.3 is 4.57 Å². The van der Waals surface area contributed by atoms with Crippen molar-refractivity contribution >= 4 is 32.6 Å². The molecule has 222 valence electrons. The Bertz CT molecular complexity index is 2480. The predicted molar refractivity (Wildman–Crippen MR) is 191 cm³/mol. The Kier molecular flexibility index (Phi) is 6.26. The number of aromatic nitrogens is 1. The van der Waals surface area contributed by atoms with E-state index in [1.807, 2.05) is 0 Å². The van der Waals surface area contributed by atoms with Gasteiger partial charge >= 0.3 is 0 Å². The summed E-state index contributed by atoms with van der Waals surface area (Å²) in [5.74, 6) is -0.543. The Morgan fingerprint density at radius 1 is 0.319 bits per heavy atom. The second-order valence-electron chi connectivity index (χ2n) is 12.1. The van der Waals surface area contributed by atoms with Crippen molar-refractivity contribution < 1.29 is 8.78 Å². The van der Waals surface area contributed by atoms with Crippen LogP contribution in [0.5, 0.6) is 0 Å². The lowest BCUT2D eigenvalue weighted by Gasteiger charge is -2.13. The van der Waals surface area contributed by atoms with E-state index in [2.05, 4.69) is 120 Å². The van der Waals surface area contributed by atoms with Crippen molar-refractivity contribution in [3.8, 4) is 50.2 Å². The van der Waals surface area contributed by atoms with Crippen molar-refractivity contribution in [1.29, 1.82) is 0 Å². The molecule has 0 aliphatic carbocycles. The third-order valence-corrected chi connectivity index (χ3v) is 9.25. The minimum absolute atomic E-state index is 0.272. The van der Waals surface area contributed by atoms with Crippen LogP contribution in [-0.2, 0) is 0 Å². The van der Waals surface area contributed by atoms with Crippen molar-refractivity contribution in [2.75, 3.05) is 0 Å². The number of hydrogen-bond acceptors (Lipinski definition) is 0. The first kappa shape index (κ1) is 27.3. The molecule has 1 heterocycles. The summed E-state index contributed by atoms with van der Waals surface area (Å²) in [6.45, 7) is 0. The summed E-state index contributed by atoms with van der Waals surface area (Å²) in [5, 5.41) is 5.04. The van der Waals surface area contributed by atoms with Gasteiger partial charge in [0.25, 0.3) is 0 Å². The number of hydrogen-bond donors (Lipinski definition) is 0. The first-order chi connectivity index (χ1) is 23.1. The van der Waals surface area contributed by atoms with Gasteiger partial charge in [0.2, 0.25) is 0 Å². The first-order valence-corrected chi connectivity index (χ1v) is 15.7. The van der Waals surface area contributed by atoms with E-state index in [4.69, 9.17) is 0 Å². The minimum Gasteiger partial charge on any atom is -0.309 e. The normalized spacial score (nSPS) is 11.6. The van der Waals surface area contributed by atoms with E-state index in [9.17, 15) is 8.78 Å². The van der Waals surface area contributed by atoms with Crippen LogP contribution in [0.15, 0.2) is 164 Å². The molecule has 1 aromatic heterocycles. The zero-order valence-electron chi connectivity index (χ0n) is 25.3. The molecule has 0 saturated heterocycles. The minimum atomic E-state index is -0.272. The van der Waals surface area contributed by atoms with Crippen LogP contribution in [-0.4, -0.2) is 4.57 Å². The molecule has 0 fully saturated rings. The van der Waals surface area contributed by atoms with Gasteiger partial charge in [-0.25, -0.2) is 8.78 Å². The molecule has 8 aromatic carbocycles. The maximum Gasteiger partial charge on any atom is 0.123 e. The average Bonchev–Trinajstić information content (AvgIpc) is 3.47. The predicted octanol–water partition coefficient (Wildman–Crippen LogP) is 12.3. The highest BCUT2D eigenvalue weighted by Crippen LogP contribution is 2.41. The lowest BCUT2D eigenvalue weighted by atomic mass is 9.92. The van der Waals surface area contributed by atoms with Crippen LogP contribution < -0.4 is 0 Å². The van der Waals surface area contributed by atoms with Crippen LogP contribution >= 0.6 is 0 Å². The molecule has 47 heavy (non-hydrogen) atoms. The first-order valence-electron chi connectivity index (χ1n) is 15.7. The van der Waals surface area contributed by atoms with E-state index in [1.54, 1.807) is 24.3 Å². The standard InChI is InChI=1S/C44H27F2N/c45-38-19-15-30(16-20-38)35-24-34(25-36(26-35)31-17-21-39(46)22-18-31)28-9-11-29(12-10-28)37-23-33-14-13-32-5-4-8-41-43(32)44(33)42(27-37)47(41)40-6-2-1-3-7-40/h1-27H. The summed E-state index contributed by atoms with van der Waals surface area (Å²) in [4.78, 5) is 0. The monoisotopic (exact) mass is 607 g/mol. The van der Waals surface area contributed by atoms with Gasteiger partial charge in [-0.1, -0.05) is 91.0 Å². The second kappa shape index (κ2) is 10.8. The largest absolute Gasteiger partial charge is 0.309 e. The average molecular weight is 608 g/mol. The molecule has 3 heteroatoms. The Morgan fingerprint density at radius 2 is 0.787 bits per heavy atom. The van der Waals surface area contributed by atoms with Crippen LogP contribution in [0.25, 0.3) is 82.8 Å². The van der Waals surface area contributed by atoms with Gasteiger partial charge in [0.15, 0.2) is 0 Å². The molecular formula is C44H27F2N. The fourth-order valence-electron chi connectivity index (χ4n) is 6.98. The van der Waals surface area contributed by atoms with E-state index < -0.39 is 0 Å². The third-order valence-electron chi connectivity index (χ3n) is 9.25. The molecule has 0 saturated carbocycles. The fraction of sp³-hybridized carbons (Fsp3) is 0. The Morgan fingerprint density at radius 3 is 1.34 bits per heavy atom. The number of nitrogens with zero attached hydrogens (tertiary/aromatic N) is 1. The van der Waals surface area contributed by atoms with Gasteiger partial charge in [0.1, 0.15) is 11.6 Å². The molecule has 0 spiro atoms. The highest BCUT2D eigenvalue weighted by Gasteiger charge is 2.18. The molecule has 0 radical (unpaired) electrons. The molecular weight excluding hydrogens is 580 g/mol. The van der Waals surface area contributed by atoms with Crippen molar-refractivity contribution in [2.45, 2.75) is 0 Å². The number of halogens is 2. The number of para-hydroxylation sites is 1. The highest BCUT2D eigenvalue weighted by atomic mass is 19.1. The van der Waals surface area contributed by atoms with Gasteiger partial charge in [-0.15, -0.1) is 0 Å². The summed E-state index contributed by atoms with van der Waals surface area (Å²) in [5.41, 5.74) is 11.7. The molecule has 0 unspecified atom stereocenters. The van der Waals surface area contributed by atoms with E-state index in [0.717, 1.165) is 50.2 Å². The highest BCUT2D eigenvalue weighted by molar-refractivity contribution is 6.25. The Labute approximate surface area is 270 Å². The van der Waals surface area contributed by atoms with Gasteiger partial charge in [-0.3, -0.25) is 0 Å². The summed E-state index contributed by atoms with van der Waals surface area (Å²) in [6.07, 6.45) is 0. The SMILES string of the molecule is Fc1ccc(-c2cc(-c3ccc(F)cc3)cc(-c3ccc(-c4cc5ccc6cccc7c6c5c(c4)n7-c4ccccc4)cc3)c2)cc1. The van der Waals surface area contributed by atoms with Gasteiger partial charge in [0.05, 0.1) is 11.0 Å². The van der Waals surface area contributed by atoms with Crippen LogP contribution in [0.1, 0.15) is 0 Å². The third kappa shape index (κ3) is 4.67. The summed E-state index contributed by atoms with van der Waals surface area (Å²) in [7, 11) is 0. The topological polar surface area (TPSA) is 4.93 Å². The summed E-state index contributed by atoms with van der Waals surface area (Å²) >= 11 is 0. The smallest absolute Gasteiger partial charge is 0.123 e. The number of rotatable bonds is 5. The van der Waals surface area contributed by atoms with Crippen LogP contribution in [0.3, 0.4) is 0 Å². The van der Waals surface area contributed by atoms with E-state index in [-0.39, 0.29) is 11.6 Å². The lowest BCUT2D eigenvalue weighted by molar-refractivity contribution is 0.627. The maximum absolute atomic E-state index is 13.8. The molecule has 0 N–H and O–H groups in total. The summed E-state index contributed by atoms with van der Waals surface area (Å²) in [6, 6.07) is 54.2. The number of benzene rings is 8. The quantitative estimate of drug-likeness (QED) is 0.172. The van der Waals surface area contributed by atoms with Crippen molar-refractivity contribution in [1.82, 2.24) is 4.57 Å². The van der Waals surface area contributed by atoms with E-state index in [0.29, 0.717) is 0 Å². The molecule has 0 atom stereocenters. The van der Waals surface area contributed by atoms with Crippen LogP contribution in [0.4, 0.5) is 8.78 Å². The zero-order chi connectivity index (χ0) is 31.5. The second-order valence-corrected chi connectivity index (χ2v) is 12.1. The molecule has 9 rings (SSSR count). The van der Waals surface area contributed by atoms with E-state index in [1.165, 1.54) is 56.8 Å². The van der Waals surface area contributed by atoms with Crippen LogP contribution in [0.2, 0.25) is 0 Å². The maximum atomic E-state index is 13.8. The van der Waals surface area contributed by atoms with Crippen molar-refractivity contribution in [3.63, 3.8) is 0 Å².